The molecule has 4 heteroatoms. The first-order valence-corrected chi connectivity index (χ1v) is 8.91. The number of esters is 1. The van der Waals surface area contributed by atoms with Crippen molar-refractivity contribution < 1.29 is 19.0 Å². The van der Waals surface area contributed by atoms with E-state index in [1.54, 1.807) is 12.1 Å². The topological polar surface area (TPSA) is 44.8 Å². The van der Waals surface area contributed by atoms with Gasteiger partial charge in [-0.05, 0) is 37.8 Å². The molecule has 2 aliphatic rings. The van der Waals surface area contributed by atoms with E-state index < -0.39 is 5.79 Å². The van der Waals surface area contributed by atoms with Crippen LogP contribution >= 0.6 is 0 Å². The first-order chi connectivity index (χ1) is 11.7. The number of benzene rings is 1. The lowest BCUT2D eigenvalue weighted by Gasteiger charge is -2.32. The minimum Gasteiger partial charge on any atom is -0.456 e. The average molecular weight is 330 g/mol. The summed E-state index contributed by atoms with van der Waals surface area (Å²) in [5.74, 6) is -0.757. The predicted molar refractivity (Wildman–Crippen MR) is 91.7 cm³/mol. The lowest BCUT2D eigenvalue weighted by Crippen LogP contribution is -2.37. The van der Waals surface area contributed by atoms with E-state index in [1.807, 2.05) is 24.3 Å². The summed E-state index contributed by atoms with van der Waals surface area (Å²) >= 11 is 0. The molecule has 1 aromatic rings. The SMILES string of the molecule is C=CCC[C@@H](OC(=O)c1ccccc1)[C@H]1COC2(CCCCC2)O1. The molecule has 3 rings (SSSR count). The summed E-state index contributed by atoms with van der Waals surface area (Å²) in [4.78, 5) is 12.4. The Balaban J connectivity index is 1.65. The van der Waals surface area contributed by atoms with E-state index in [4.69, 9.17) is 14.2 Å². The van der Waals surface area contributed by atoms with Crippen LogP contribution in [0.2, 0.25) is 0 Å². The minimum atomic E-state index is -0.450. The van der Waals surface area contributed by atoms with Crippen LogP contribution < -0.4 is 0 Å². The Bertz CT molecular complexity index is 548. The summed E-state index contributed by atoms with van der Waals surface area (Å²) in [7, 11) is 0. The molecule has 4 nitrogen and oxygen atoms in total. The van der Waals surface area contributed by atoms with Gasteiger partial charge >= 0.3 is 5.97 Å². The van der Waals surface area contributed by atoms with Gasteiger partial charge in [-0.1, -0.05) is 30.7 Å². The Hall–Kier alpha value is -1.65. The molecule has 2 fully saturated rings. The number of hydrogen-bond donors (Lipinski definition) is 0. The van der Waals surface area contributed by atoms with Crippen LogP contribution in [0.1, 0.15) is 55.3 Å². The molecule has 1 saturated carbocycles. The Labute approximate surface area is 143 Å². The molecule has 1 saturated heterocycles. The predicted octanol–water partition coefficient (Wildman–Crippen LogP) is 4.25. The molecule has 2 atom stereocenters. The van der Waals surface area contributed by atoms with Gasteiger partial charge in [0.05, 0.1) is 12.2 Å². The highest BCUT2D eigenvalue weighted by molar-refractivity contribution is 5.89. The molecule has 0 N–H and O–H groups in total. The fourth-order valence-corrected chi connectivity index (χ4v) is 3.50. The second-order valence-electron chi connectivity index (χ2n) is 6.61. The third kappa shape index (κ3) is 4.05. The van der Waals surface area contributed by atoms with E-state index >= 15 is 0 Å². The lowest BCUT2D eigenvalue weighted by atomic mass is 9.94. The minimum absolute atomic E-state index is 0.198. The summed E-state index contributed by atoms with van der Waals surface area (Å²) in [6.07, 6.45) is 8.19. The number of carbonyl (C=O) groups is 1. The quantitative estimate of drug-likeness (QED) is 0.578. The van der Waals surface area contributed by atoms with E-state index in [1.165, 1.54) is 6.42 Å². The van der Waals surface area contributed by atoms with Crippen molar-refractivity contribution in [2.45, 2.75) is 62.9 Å². The van der Waals surface area contributed by atoms with Gasteiger partial charge in [0.25, 0.3) is 0 Å². The van der Waals surface area contributed by atoms with Gasteiger partial charge in [0.2, 0.25) is 0 Å². The van der Waals surface area contributed by atoms with Crippen molar-refractivity contribution in [2.75, 3.05) is 6.61 Å². The highest BCUT2D eigenvalue weighted by atomic mass is 16.8. The van der Waals surface area contributed by atoms with Gasteiger partial charge in [0.1, 0.15) is 12.2 Å². The van der Waals surface area contributed by atoms with Gasteiger partial charge in [-0.2, -0.15) is 0 Å². The molecule has 1 spiro atoms. The monoisotopic (exact) mass is 330 g/mol. The van der Waals surface area contributed by atoms with Gasteiger partial charge in [-0.25, -0.2) is 4.79 Å². The van der Waals surface area contributed by atoms with Crippen molar-refractivity contribution >= 4 is 5.97 Å². The number of allylic oxidation sites excluding steroid dienone is 1. The van der Waals surface area contributed by atoms with Crippen molar-refractivity contribution in [3.05, 3.63) is 48.6 Å². The number of hydrogen-bond acceptors (Lipinski definition) is 4. The molecule has 24 heavy (non-hydrogen) atoms. The highest BCUT2D eigenvalue weighted by Crippen LogP contribution is 2.39. The number of rotatable bonds is 6. The zero-order valence-electron chi connectivity index (χ0n) is 14.1. The second kappa shape index (κ2) is 7.95. The van der Waals surface area contributed by atoms with Crippen LogP contribution in [-0.4, -0.2) is 30.6 Å². The molecule has 1 aliphatic carbocycles. The zero-order chi connectivity index (χ0) is 16.8. The largest absolute Gasteiger partial charge is 0.456 e. The summed E-state index contributed by atoms with van der Waals surface area (Å²) < 4.78 is 18.0. The summed E-state index contributed by atoms with van der Waals surface area (Å²) in [5.41, 5.74) is 0.562. The normalized spacial score (nSPS) is 23.8. The Morgan fingerprint density at radius 1 is 1.29 bits per heavy atom. The summed E-state index contributed by atoms with van der Waals surface area (Å²) in [5, 5.41) is 0. The molecular formula is C20H26O4. The Morgan fingerprint density at radius 3 is 2.75 bits per heavy atom. The van der Waals surface area contributed by atoms with E-state index in [-0.39, 0.29) is 18.2 Å². The summed E-state index contributed by atoms with van der Waals surface area (Å²) in [6, 6.07) is 9.08. The molecule has 0 bridgehead atoms. The van der Waals surface area contributed by atoms with Crippen LogP contribution in [0.4, 0.5) is 0 Å². The zero-order valence-corrected chi connectivity index (χ0v) is 14.1. The van der Waals surface area contributed by atoms with Gasteiger partial charge in [-0.3, -0.25) is 0 Å². The Morgan fingerprint density at radius 2 is 2.04 bits per heavy atom. The van der Waals surface area contributed by atoms with Gasteiger partial charge in [0, 0.05) is 12.8 Å². The van der Waals surface area contributed by atoms with Crippen LogP contribution in [0, 0.1) is 0 Å². The molecule has 1 aromatic carbocycles. The maximum Gasteiger partial charge on any atom is 0.338 e. The molecule has 0 radical (unpaired) electrons. The maximum atomic E-state index is 12.4. The average Bonchev–Trinajstić information content (AvgIpc) is 3.03. The molecule has 1 aliphatic heterocycles. The van der Waals surface area contributed by atoms with Crippen molar-refractivity contribution in [2.24, 2.45) is 0 Å². The van der Waals surface area contributed by atoms with E-state index in [2.05, 4.69) is 6.58 Å². The van der Waals surface area contributed by atoms with Crippen LogP contribution in [0.3, 0.4) is 0 Å². The van der Waals surface area contributed by atoms with Crippen molar-refractivity contribution in [1.29, 1.82) is 0 Å². The third-order valence-corrected chi connectivity index (χ3v) is 4.83. The van der Waals surface area contributed by atoms with Crippen LogP contribution in [0.5, 0.6) is 0 Å². The Kier molecular flexibility index (Phi) is 5.69. The lowest BCUT2D eigenvalue weighted by molar-refractivity contribution is -0.196. The maximum absolute atomic E-state index is 12.4. The molecular weight excluding hydrogens is 304 g/mol. The van der Waals surface area contributed by atoms with Crippen molar-refractivity contribution in [3.8, 4) is 0 Å². The van der Waals surface area contributed by atoms with E-state index in [9.17, 15) is 4.79 Å². The number of carbonyl (C=O) groups excluding carboxylic acids is 1. The fourth-order valence-electron chi connectivity index (χ4n) is 3.50. The van der Waals surface area contributed by atoms with Crippen molar-refractivity contribution in [1.82, 2.24) is 0 Å². The molecule has 1 heterocycles. The van der Waals surface area contributed by atoms with E-state index in [0.717, 1.165) is 32.1 Å². The first kappa shape index (κ1) is 17.2. The third-order valence-electron chi connectivity index (χ3n) is 4.83. The molecule has 0 unspecified atom stereocenters. The van der Waals surface area contributed by atoms with Gasteiger partial charge < -0.3 is 14.2 Å². The molecule has 130 valence electrons. The first-order valence-electron chi connectivity index (χ1n) is 8.91. The second-order valence-corrected chi connectivity index (χ2v) is 6.61. The highest BCUT2D eigenvalue weighted by Gasteiger charge is 2.45. The van der Waals surface area contributed by atoms with Gasteiger partial charge in [-0.15, -0.1) is 6.58 Å². The van der Waals surface area contributed by atoms with Gasteiger partial charge in [0.15, 0.2) is 5.79 Å². The standard InChI is InChI=1S/C20H26O4/c1-2-3-12-17(23-19(21)16-10-6-4-7-11-16)18-15-22-20(24-18)13-8-5-9-14-20/h2,4,6-7,10-11,17-18H,1,3,5,8-9,12-15H2/t17-,18-/m1/s1. The van der Waals surface area contributed by atoms with E-state index in [0.29, 0.717) is 18.6 Å². The molecule has 0 aromatic heterocycles. The summed E-state index contributed by atoms with van der Waals surface area (Å²) in [6.45, 7) is 4.26. The smallest absolute Gasteiger partial charge is 0.338 e. The van der Waals surface area contributed by atoms with Crippen LogP contribution in [0.25, 0.3) is 0 Å². The van der Waals surface area contributed by atoms with Crippen molar-refractivity contribution in [3.63, 3.8) is 0 Å². The fraction of sp³-hybridized carbons (Fsp3) is 0.550. The van der Waals surface area contributed by atoms with Crippen LogP contribution in [-0.2, 0) is 14.2 Å². The number of ether oxygens (including phenoxy) is 3. The molecule has 0 amide bonds. The van der Waals surface area contributed by atoms with Crippen LogP contribution in [0.15, 0.2) is 43.0 Å².